The molecule has 0 aliphatic heterocycles. The summed E-state index contributed by atoms with van der Waals surface area (Å²) in [5.41, 5.74) is 0.405. The van der Waals surface area contributed by atoms with Crippen LogP contribution in [0.1, 0.15) is 32.8 Å². The summed E-state index contributed by atoms with van der Waals surface area (Å²) in [6, 6.07) is 5.90. The third-order valence-electron chi connectivity index (χ3n) is 3.28. The molecule has 0 radical (unpaired) electrons. The van der Waals surface area contributed by atoms with Crippen molar-refractivity contribution >= 4 is 11.6 Å². The van der Waals surface area contributed by atoms with Crippen LogP contribution in [0.2, 0.25) is 0 Å². The first-order valence-electron chi connectivity index (χ1n) is 6.87. The highest BCUT2D eigenvalue weighted by Crippen LogP contribution is 2.22. The van der Waals surface area contributed by atoms with E-state index in [1.165, 1.54) is 12.1 Å². The minimum absolute atomic E-state index is 0.000967. The van der Waals surface area contributed by atoms with E-state index in [2.05, 4.69) is 5.32 Å². The number of non-ortho nitro benzene ring substituents is 1. The largest absolute Gasteiger partial charge is 0.396 e. The lowest BCUT2D eigenvalue weighted by atomic mass is 9.85. The number of aliphatic hydroxyl groups excluding tert-OH is 1. The van der Waals surface area contributed by atoms with Crippen molar-refractivity contribution in [1.29, 1.82) is 0 Å². The molecule has 116 valence electrons. The number of aliphatic hydroxyl groups is 1. The molecule has 6 nitrogen and oxygen atoms in total. The van der Waals surface area contributed by atoms with Crippen LogP contribution < -0.4 is 5.32 Å². The fourth-order valence-electron chi connectivity index (χ4n) is 2.06. The molecule has 0 aliphatic carbocycles. The third-order valence-corrected chi connectivity index (χ3v) is 3.28. The van der Waals surface area contributed by atoms with E-state index in [4.69, 9.17) is 5.11 Å². The lowest BCUT2D eigenvalue weighted by molar-refractivity contribution is -0.384. The molecule has 0 aliphatic rings. The van der Waals surface area contributed by atoms with E-state index in [0.717, 1.165) is 0 Å². The fraction of sp³-hybridized carbons (Fsp3) is 0.533. The molecule has 6 heteroatoms. The minimum atomic E-state index is -0.481. The molecule has 0 heterocycles. The molecule has 0 aromatic heterocycles. The van der Waals surface area contributed by atoms with E-state index in [-0.39, 0.29) is 36.1 Å². The number of hydrogen-bond donors (Lipinski definition) is 2. The van der Waals surface area contributed by atoms with Crippen molar-refractivity contribution in [3.8, 4) is 0 Å². The SMILES string of the molecule is CC(C)(C)C(CCO)NC(=O)Cc1cccc([N+](=O)[O-])c1. The van der Waals surface area contributed by atoms with Crippen LogP contribution in [-0.4, -0.2) is 28.6 Å². The number of nitrogens with zero attached hydrogens (tertiary/aromatic N) is 1. The van der Waals surface area contributed by atoms with Crippen molar-refractivity contribution in [2.75, 3.05) is 6.61 Å². The van der Waals surface area contributed by atoms with Crippen molar-refractivity contribution in [3.05, 3.63) is 39.9 Å². The molecule has 1 aromatic carbocycles. The molecule has 0 saturated heterocycles. The quantitative estimate of drug-likeness (QED) is 0.620. The van der Waals surface area contributed by atoms with Gasteiger partial charge in [0.15, 0.2) is 0 Å². The second-order valence-electron chi connectivity index (χ2n) is 6.10. The summed E-state index contributed by atoms with van der Waals surface area (Å²) >= 11 is 0. The van der Waals surface area contributed by atoms with Gasteiger partial charge in [0.25, 0.3) is 5.69 Å². The van der Waals surface area contributed by atoms with E-state index in [1.807, 2.05) is 20.8 Å². The van der Waals surface area contributed by atoms with Crippen molar-refractivity contribution in [2.24, 2.45) is 5.41 Å². The molecule has 0 bridgehead atoms. The topological polar surface area (TPSA) is 92.5 Å². The summed E-state index contributed by atoms with van der Waals surface area (Å²) in [5, 5.41) is 22.7. The van der Waals surface area contributed by atoms with Crippen LogP contribution in [0.3, 0.4) is 0 Å². The van der Waals surface area contributed by atoms with Gasteiger partial charge in [0.05, 0.1) is 11.3 Å². The van der Waals surface area contributed by atoms with Gasteiger partial charge in [0.2, 0.25) is 5.91 Å². The summed E-state index contributed by atoms with van der Waals surface area (Å²) in [6.45, 7) is 5.96. The first-order valence-corrected chi connectivity index (χ1v) is 6.87. The van der Waals surface area contributed by atoms with Crippen LogP contribution in [0.5, 0.6) is 0 Å². The van der Waals surface area contributed by atoms with Crippen LogP contribution in [0.4, 0.5) is 5.69 Å². The predicted octanol–water partition coefficient (Wildman–Crippen LogP) is 2.05. The summed E-state index contributed by atoms with van der Waals surface area (Å²) in [5.74, 6) is -0.205. The van der Waals surface area contributed by atoms with Gasteiger partial charge in [-0.05, 0) is 17.4 Å². The van der Waals surface area contributed by atoms with Gasteiger partial charge in [0, 0.05) is 24.8 Å². The summed E-state index contributed by atoms with van der Waals surface area (Å²) in [6.07, 6.45) is 0.559. The normalized spacial score (nSPS) is 12.8. The van der Waals surface area contributed by atoms with Crippen molar-refractivity contribution in [3.63, 3.8) is 0 Å². The molecular formula is C15H22N2O4. The maximum atomic E-state index is 12.1. The number of amides is 1. The van der Waals surface area contributed by atoms with Gasteiger partial charge in [-0.15, -0.1) is 0 Å². The highest BCUT2D eigenvalue weighted by atomic mass is 16.6. The molecule has 1 unspecified atom stereocenters. The first-order chi connectivity index (χ1) is 9.74. The van der Waals surface area contributed by atoms with E-state index in [9.17, 15) is 14.9 Å². The number of nitrogens with one attached hydrogen (secondary N) is 1. The number of carbonyl (C=O) groups is 1. The zero-order chi connectivity index (χ0) is 16.0. The van der Waals surface area contributed by atoms with Gasteiger partial charge in [-0.3, -0.25) is 14.9 Å². The lowest BCUT2D eigenvalue weighted by Crippen LogP contribution is -2.44. The van der Waals surface area contributed by atoms with Crippen LogP contribution in [0, 0.1) is 15.5 Å². The van der Waals surface area contributed by atoms with E-state index in [1.54, 1.807) is 12.1 Å². The molecular weight excluding hydrogens is 272 g/mol. The summed E-state index contributed by atoms with van der Waals surface area (Å²) in [7, 11) is 0. The van der Waals surface area contributed by atoms with Gasteiger partial charge in [-0.25, -0.2) is 0 Å². The molecule has 1 amide bonds. The van der Waals surface area contributed by atoms with Gasteiger partial charge in [-0.2, -0.15) is 0 Å². The Labute approximate surface area is 124 Å². The number of carbonyl (C=O) groups excluding carboxylic acids is 1. The number of nitro groups is 1. The smallest absolute Gasteiger partial charge is 0.269 e. The van der Waals surface area contributed by atoms with Crippen LogP contribution in [0.25, 0.3) is 0 Å². The zero-order valence-corrected chi connectivity index (χ0v) is 12.6. The maximum Gasteiger partial charge on any atom is 0.269 e. The molecule has 0 saturated carbocycles. The summed E-state index contributed by atoms with van der Waals surface area (Å²) in [4.78, 5) is 22.3. The second-order valence-corrected chi connectivity index (χ2v) is 6.10. The highest BCUT2D eigenvalue weighted by Gasteiger charge is 2.25. The first kappa shape index (κ1) is 17.1. The molecule has 0 fully saturated rings. The molecule has 1 atom stereocenters. The predicted molar refractivity (Wildman–Crippen MR) is 79.9 cm³/mol. The van der Waals surface area contributed by atoms with Gasteiger partial charge in [-0.1, -0.05) is 32.9 Å². The second kappa shape index (κ2) is 7.17. The Morgan fingerprint density at radius 2 is 2.10 bits per heavy atom. The third kappa shape index (κ3) is 5.51. The Hall–Kier alpha value is -1.95. The number of nitro benzene ring substituents is 1. The van der Waals surface area contributed by atoms with E-state index >= 15 is 0 Å². The minimum Gasteiger partial charge on any atom is -0.396 e. The van der Waals surface area contributed by atoms with Crippen LogP contribution in [0.15, 0.2) is 24.3 Å². The molecule has 2 N–H and O–H groups in total. The average Bonchev–Trinajstić information content (AvgIpc) is 2.37. The molecule has 21 heavy (non-hydrogen) atoms. The Kier molecular flexibility index (Phi) is 5.84. The molecule has 1 aromatic rings. The average molecular weight is 294 g/mol. The standard InChI is InChI=1S/C15H22N2O4/c1-15(2,3)13(7-8-18)16-14(19)10-11-5-4-6-12(9-11)17(20)21/h4-6,9,13,18H,7-8,10H2,1-3H3,(H,16,19). The Bertz CT molecular complexity index is 509. The van der Waals surface area contributed by atoms with Crippen molar-refractivity contribution < 1.29 is 14.8 Å². The van der Waals surface area contributed by atoms with Crippen molar-refractivity contribution in [2.45, 2.75) is 39.7 Å². The maximum absolute atomic E-state index is 12.1. The van der Waals surface area contributed by atoms with Gasteiger partial charge >= 0.3 is 0 Å². The van der Waals surface area contributed by atoms with Crippen LogP contribution >= 0.6 is 0 Å². The number of hydrogen-bond acceptors (Lipinski definition) is 4. The Balaban J connectivity index is 2.72. The summed E-state index contributed by atoms with van der Waals surface area (Å²) < 4.78 is 0. The monoisotopic (exact) mass is 294 g/mol. The van der Waals surface area contributed by atoms with Crippen LogP contribution in [-0.2, 0) is 11.2 Å². The molecule has 0 spiro atoms. The Morgan fingerprint density at radius 1 is 1.43 bits per heavy atom. The van der Waals surface area contributed by atoms with E-state index < -0.39 is 4.92 Å². The molecule has 1 rings (SSSR count). The van der Waals surface area contributed by atoms with E-state index in [0.29, 0.717) is 12.0 Å². The fourth-order valence-corrected chi connectivity index (χ4v) is 2.06. The Morgan fingerprint density at radius 3 is 2.62 bits per heavy atom. The lowest BCUT2D eigenvalue weighted by Gasteiger charge is -2.31. The number of benzene rings is 1. The van der Waals surface area contributed by atoms with Crippen molar-refractivity contribution in [1.82, 2.24) is 5.32 Å². The highest BCUT2D eigenvalue weighted by molar-refractivity contribution is 5.79. The zero-order valence-electron chi connectivity index (χ0n) is 12.6. The van der Waals surface area contributed by atoms with Gasteiger partial charge in [0.1, 0.15) is 0 Å². The number of rotatable bonds is 6. The van der Waals surface area contributed by atoms with Gasteiger partial charge < -0.3 is 10.4 Å².